The van der Waals surface area contributed by atoms with Crippen molar-refractivity contribution in [1.29, 1.82) is 0 Å². The summed E-state index contributed by atoms with van der Waals surface area (Å²) in [5.74, 6) is 0.736. The average molecular weight is 467 g/mol. The molecule has 0 spiro atoms. The van der Waals surface area contributed by atoms with E-state index in [-0.39, 0.29) is 23.6 Å². The molecule has 2 aromatic rings. The normalized spacial score (nSPS) is 22.3. The number of ether oxygens (including phenoxy) is 1. The lowest BCUT2D eigenvalue weighted by atomic mass is 10.0. The largest absolute Gasteiger partial charge is 0.485 e. The third-order valence-electron chi connectivity index (χ3n) is 7.19. The van der Waals surface area contributed by atoms with Gasteiger partial charge >= 0.3 is 6.03 Å². The summed E-state index contributed by atoms with van der Waals surface area (Å²) in [6, 6.07) is 12.8. The van der Waals surface area contributed by atoms with Crippen LogP contribution in [0.2, 0.25) is 0 Å². The summed E-state index contributed by atoms with van der Waals surface area (Å²) >= 11 is 0. The first kappa shape index (κ1) is 23.0. The van der Waals surface area contributed by atoms with Gasteiger partial charge in [0.1, 0.15) is 23.3 Å². The van der Waals surface area contributed by atoms with Gasteiger partial charge in [-0.15, -0.1) is 0 Å². The maximum atomic E-state index is 13.6. The maximum absolute atomic E-state index is 13.6. The Morgan fingerprint density at radius 3 is 2.50 bits per heavy atom. The highest BCUT2D eigenvalue weighted by Gasteiger charge is 2.42. The van der Waals surface area contributed by atoms with E-state index < -0.39 is 0 Å². The Kier molecular flexibility index (Phi) is 6.15. The van der Waals surface area contributed by atoms with E-state index in [1.807, 2.05) is 9.80 Å². The topological polar surface area (TPSA) is 39.3 Å². The number of anilines is 2. The molecule has 1 unspecified atom stereocenters. The van der Waals surface area contributed by atoms with Crippen molar-refractivity contribution < 1.29 is 13.9 Å². The van der Waals surface area contributed by atoms with E-state index in [0.29, 0.717) is 6.54 Å². The van der Waals surface area contributed by atoms with Crippen LogP contribution in [0.25, 0.3) is 0 Å². The molecule has 2 saturated heterocycles. The van der Waals surface area contributed by atoms with Crippen LogP contribution in [0.1, 0.15) is 39.2 Å². The Bertz CT molecular complexity index is 1030. The molecule has 2 fully saturated rings. The van der Waals surface area contributed by atoms with Gasteiger partial charge in [0.15, 0.2) is 0 Å². The maximum Gasteiger partial charge on any atom is 0.325 e. The minimum absolute atomic E-state index is 0.0176. The first-order valence-corrected chi connectivity index (χ1v) is 12.5. The SMILES string of the molecule is CCCCN1CC(N2CCN(c3cccc4c3OC(C)(C)C4)CC2)N(c2ccc(F)cc2)C1=O. The van der Waals surface area contributed by atoms with E-state index in [4.69, 9.17) is 4.74 Å². The van der Waals surface area contributed by atoms with Gasteiger partial charge in [-0.25, -0.2) is 9.18 Å². The van der Waals surface area contributed by atoms with Crippen LogP contribution in [0.4, 0.5) is 20.6 Å². The molecule has 5 rings (SSSR count). The fraction of sp³-hybridized carbons (Fsp3) is 0.519. The predicted octanol–water partition coefficient (Wildman–Crippen LogP) is 4.73. The molecule has 7 heteroatoms. The summed E-state index contributed by atoms with van der Waals surface area (Å²) in [4.78, 5) is 21.9. The quantitative estimate of drug-likeness (QED) is 0.617. The highest BCUT2D eigenvalue weighted by Crippen LogP contribution is 2.42. The standard InChI is InChI=1S/C27H35FN4O2/c1-4-5-13-31-19-24(32(26(31)33)22-11-9-21(28)10-12-22)30-16-14-29(15-17-30)23-8-6-7-20-18-27(2,3)34-25(20)23/h6-12,24H,4-5,13-19H2,1-3H3. The number of urea groups is 1. The van der Waals surface area contributed by atoms with Gasteiger partial charge in [0.05, 0.1) is 12.2 Å². The van der Waals surface area contributed by atoms with Gasteiger partial charge in [-0.05, 0) is 50.6 Å². The molecule has 3 aliphatic heterocycles. The summed E-state index contributed by atoms with van der Waals surface area (Å²) in [6.07, 6.45) is 2.91. The molecular formula is C27H35FN4O2. The van der Waals surface area contributed by atoms with E-state index in [2.05, 4.69) is 48.8 Å². The van der Waals surface area contributed by atoms with E-state index in [1.165, 1.54) is 23.4 Å². The summed E-state index contributed by atoms with van der Waals surface area (Å²) in [7, 11) is 0. The van der Waals surface area contributed by atoms with Crippen molar-refractivity contribution in [1.82, 2.24) is 9.80 Å². The van der Waals surface area contributed by atoms with Crippen molar-refractivity contribution >= 4 is 17.4 Å². The average Bonchev–Trinajstić information content (AvgIpc) is 3.33. The molecule has 34 heavy (non-hydrogen) atoms. The van der Waals surface area contributed by atoms with E-state index in [1.54, 1.807) is 12.1 Å². The number of rotatable bonds is 6. The van der Waals surface area contributed by atoms with Gasteiger partial charge in [-0.2, -0.15) is 0 Å². The van der Waals surface area contributed by atoms with Crippen LogP contribution in [0, 0.1) is 5.82 Å². The van der Waals surface area contributed by atoms with E-state index in [0.717, 1.165) is 63.4 Å². The Balaban J connectivity index is 1.33. The fourth-order valence-electron chi connectivity index (χ4n) is 5.44. The molecule has 182 valence electrons. The number of nitrogens with zero attached hydrogens (tertiary/aromatic N) is 4. The number of benzene rings is 2. The van der Waals surface area contributed by atoms with Gasteiger partial charge in [-0.3, -0.25) is 9.80 Å². The number of hydrogen-bond acceptors (Lipinski definition) is 4. The summed E-state index contributed by atoms with van der Waals surface area (Å²) in [6.45, 7) is 11.3. The number of para-hydroxylation sites is 1. The number of hydrogen-bond donors (Lipinski definition) is 0. The molecule has 3 aliphatic rings. The van der Waals surface area contributed by atoms with Crippen LogP contribution in [0.15, 0.2) is 42.5 Å². The van der Waals surface area contributed by atoms with Gasteiger partial charge in [0, 0.05) is 50.4 Å². The van der Waals surface area contributed by atoms with Crippen molar-refractivity contribution in [3.63, 3.8) is 0 Å². The highest BCUT2D eigenvalue weighted by molar-refractivity contribution is 5.95. The molecule has 0 saturated carbocycles. The summed E-state index contributed by atoms with van der Waals surface area (Å²) in [5.41, 5.74) is 3.04. The number of carbonyl (C=O) groups is 1. The first-order valence-electron chi connectivity index (χ1n) is 12.5. The molecule has 0 radical (unpaired) electrons. The van der Waals surface area contributed by atoms with Crippen molar-refractivity contribution in [3.8, 4) is 5.75 Å². The minimum Gasteiger partial charge on any atom is -0.485 e. The number of amides is 2. The zero-order chi connectivity index (χ0) is 23.9. The molecule has 0 aliphatic carbocycles. The van der Waals surface area contributed by atoms with E-state index in [9.17, 15) is 9.18 Å². The Labute approximate surface area is 201 Å². The van der Waals surface area contributed by atoms with Gasteiger partial charge in [0.25, 0.3) is 0 Å². The van der Waals surface area contributed by atoms with Crippen LogP contribution in [-0.2, 0) is 6.42 Å². The van der Waals surface area contributed by atoms with Crippen LogP contribution in [-0.4, -0.2) is 66.9 Å². The van der Waals surface area contributed by atoms with Gasteiger partial charge in [-0.1, -0.05) is 25.5 Å². The number of fused-ring (bicyclic) bond motifs is 1. The molecular weight excluding hydrogens is 431 g/mol. The minimum atomic E-state index is -0.288. The monoisotopic (exact) mass is 466 g/mol. The lowest BCUT2D eigenvalue weighted by Crippen LogP contribution is -2.55. The smallest absolute Gasteiger partial charge is 0.325 e. The van der Waals surface area contributed by atoms with Gasteiger partial charge < -0.3 is 14.5 Å². The Morgan fingerprint density at radius 2 is 1.79 bits per heavy atom. The second-order valence-corrected chi connectivity index (χ2v) is 10.2. The molecule has 0 bridgehead atoms. The molecule has 2 amide bonds. The van der Waals surface area contributed by atoms with Crippen LogP contribution < -0.4 is 14.5 Å². The number of halogens is 1. The van der Waals surface area contributed by atoms with Crippen molar-refractivity contribution in [3.05, 3.63) is 53.8 Å². The number of piperazine rings is 1. The van der Waals surface area contributed by atoms with E-state index >= 15 is 0 Å². The number of unbranched alkanes of at least 4 members (excludes halogenated alkanes) is 1. The van der Waals surface area contributed by atoms with Crippen LogP contribution >= 0.6 is 0 Å². The lowest BCUT2D eigenvalue weighted by molar-refractivity contribution is 0.138. The number of carbonyl (C=O) groups excluding carboxylic acids is 1. The second-order valence-electron chi connectivity index (χ2n) is 10.2. The molecule has 2 aromatic carbocycles. The molecule has 0 aromatic heterocycles. The van der Waals surface area contributed by atoms with Gasteiger partial charge in [0.2, 0.25) is 0 Å². The second kappa shape index (κ2) is 9.10. The zero-order valence-corrected chi connectivity index (χ0v) is 20.5. The molecule has 6 nitrogen and oxygen atoms in total. The van der Waals surface area contributed by atoms with Crippen molar-refractivity contribution in [2.45, 2.75) is 51.8 Å². The molecule has 0 N–H and O–H groups in total. The summed E-state index contributed by atoms with van der Waals surface area (Å²) in [5, 5.41) is 0. The van der Waals surface area contributed by atoms with Crippen molar-refractivity contribution in [2.24, 2.45) is 0 Å². The van der Waals surface area contributed by atoms with Crippen molar-refractivity contribution in [2.75, 3.05) is 49.1 Å². The predicted molar refractivity (Wildman–Crippen MR) is 133 cm³/mol. The first-order chi connectivity index (χ1) is 16.4. The summed E-state index contributed by atoms with van der Waals surface area (Å²) < 4.78 is 19.9. The third kappa shape index (κ3) is 4.33. The fourth-order valence-corrected chi connectivity index (χ4v) is 5.44. The molecule has 3 heterocycles. The van der Waals surface area contributed by atoms with Crippen LogP contribution in [0.5, 0.6) is 5.75 Å². The Morgan fingerprint density at radius 1 is 1.06 bits per heavy atom. The lowest BCUT2D eigenvalue weighted by Gasteiger charge is -2.41. The Hall–Kier alpha value is -2.80. The molecule has 1 atom stereocenters. The third-order valence-corrected chi connectivity index (χ3v) is 7.19. The van der Waals surface area contributed by atoms with Crippen LogP contribution in [0.3, 0.4) is 0 Å². The highest BCUT2D eigenvalue weighted by atomic mass is 19.1. The zero-order valence-electron chi connectivity index (χ0n) is 20.5.